The van der Waals surface area contributed by atoms with Gasteiger partial charge in [-0.1, -0.05) is 24.6 Å². The van der Waals surface area contributed by atoms with E-state index in [2.05, 4.69) is 26.0 Å². The van der Waals surface area contributed by atoms with Crippen LogP contribution < -0.4 is 0 Å². The fraction of sp³-hybridized carbons (Fsp3) is 0.708. The van der Waals surface area contributed by atoms with Gasteiger partial charge >= 0.3 is 0 Å². The monoisotopic (exact) mass is 452 g/mol. The number of halogens is 1. The Balaban J connectivity index is 1.81. The molecule has 4 rings (SSSR count). The zero-order valence-corrected chi connectivity index (χ0v) is 20.0. The molecule has 0 heterocycles. The number of carbonyl (C=O) groups is 1. The van der Waals surface area contributed by atoms with Crippen molar-refractivity contribution in [2.24, 2.45) is 22.7 Å². The van der Waals surface area contributed by atoms with Crippen LogP contribution >= 0.6 is 23.5 Å². The highest BCUT2D eigenvalue weighted by molar-refractivity contribution is 8.17. The van der Waals surface area contributed by atoms with Crippen LogP contribution in [0.1, 0.15) is 39.5 Å². The van der Waals surface area contributed by atoms with Crippen molar-refractivity contribution < 1.29 is 19.0 Å². The normalized spacial score (nSPS) is 46.6. The van der Waals surface area contributed by atoms with E-state index in [-0.39, 0.29) is 33.2 Å². The first-order valence-electron chi connectivity index (χ1n) is 10.8. The zero-order valence-electron chi connectivity index (χ0n) is 18.3. The lowest BCUT2D eigenvalue weighted by Crippen LogP contribution is -2.67. The summed E-state index contributed by atoms with van der Waals surface area (Å²) in [4.78, 5) is 12.0. The molecule has 3 saturated carbocycles. The molecule has 3 nitrogen and oxygen atoms in total. The molecule has 0 radical (unpaired) electrons. The third-order valence-electron chi connectivity index (χ3n) is 8.74. The molecule has 7 atom stereocenters. The quantitative estimate of drug-likeness (QED) is 0.472. The minimum absolute atomic E-state index is 0.0294. The molecule has 0 aromatic heterocycles. The van der Waals surface area contributed by atoms with E-state index in [4.69, 9.17) is 4.74 Å². The van der Waals surface area contributed by atoms with E-state index in [0.29, 0.717) is 25.9 Å². The van der Waals surface area contributed by atoms with Gasteiger partial charge in [0.1, 0.15) is 0 Å². The zero-order chi connectivity index (χ0) is 21.9. The molecule has 0 bridgehead atoms. The van der Waals surface area contributed by atoms with Gasteiger partial charge in [-0.05, 0) is 68.6 Å². The van der Waals surface area contributed by atoms with Crippen molar-refractivity contribution in [1.29, 1.82) is 0 Å². The number of alkyl halides is 1. The van der Waals surface area contributed by atoms with Gasteiger partial charge in [-0.25, -0.2) is 4.39 Å². The number of ketones is 1. The maximum absolute atomic E-state index is 17.2. The van der Waals surface area contributed by atoms with Gasteiger partial charge in [-0.3, -0.25) is 4.79 Å². The highest BCUT2D eigenvalue weighted by Gasteiger charge is 2.75. The highest BCUT2D eigenvalue weighted by Crippen LogP contribution is 2.73. The summed E-state index contributed by atoms with van der Waals surface area (Å²) in [6.45, 7) is 8.38. The first kappa shape index (κ1) is 22.6. The number of fused-ring (bicyclic) bond motifs is 5. The molecule has 6 heteroatoms. The molecule has 0 amide bonds. The molecular formula is C24H33FO3S2. The van der Waals surface area contributed by atoms with E-state index in [0.717, 1.165) is 12.0 Å². The Morgan fingerprint density at radius 2 is 2.03 bits per heavy atom. The van der Waals surface area contributed by atoms with Gasteiger partial charge in [0.2, 0.25) is 0 Å². The molecule has 0 saturated heterocycles. The van der Waals surface area contributed by atoms with E-state index in [1.165, 1.54) is 6.08 Å². The van der Waals surface area contributed by atoms with Crippen molar-refractivity contribution in [2.75, 3.05) is 19.1 Å². The summed E-state index contributed by atoms with van der Waals surface area (Å²) in [5, 5.41) is 11.4. The first-order valence-corrected chi connectivity index (χ1v) is 13.2. The molecule has 3 fully saturated rings. The minimum atomic E-state index is -1.78. The van der Waals surface area contributed by atoms with Gasteiger partial charge in [0, 0.05) is 11.3 Å². The molecule has 0 aromatic carbocycles. The second-order valence-corrected chi connectivity index (χ2v) is 12.0. The summed E-state index contributed by atoms with van der Waals surface area (Å²) < 4.78 is 23.2. The molecule has 4 aliphatic rings. The number of hydrogen-bond donors (Lipinski definition) is 1. The van der Waals surface area contributed by atoms with Gasteiger partial charge < -0.3 is 9.84 Å². The summed E-state index contributed by atoms with van der Waals surface area (Å²) in [5.74, 6) is -0.255. The van der Waals surface area contributed by atoms with Gasteiger partial charge in [0.15, 0.2) is 11.5 Å². The van der Waals surface area contributed by atoms with Gasteiger partial charge in [0.05, 0.1) is 22.9 Å². The van der Waals surface area contributed by atoms with Crippen molar-refractivity contribution in [3.05, 3.63) is 36.5 Å². The maximum Gasteiger partial charge on any atom is 0.178 e. The summed E-state index contributed by atoms with van der Waals surface area (Å²) in [6, 6.07) is 0. The van der Waals surface area contributed by atoms with Crippen LogP contribution in [0.4, 0.5) is 4.39 Å². The SMILES string of the molecule is C=CCO[C@@H]1C[C@H]2[C@@H]3CCC4=CC(=O)C=C[C@]4(C)[C@@]3(F)[C@@H](O)C[C@]2(C)C1(SC)SC. The van der Waals surface area contributed by atoms with Crippen LogP contribution in [0.3, 0.4) is 0 Å². The largest absolute Gasteiger partial charge is 0.390 e. The predicted octanol–water partition coefficient (Wildman–Crippen LogP) is 4.96. The standard InChI is InChI=1S/C24H33FO3S2/c1-6-11-28-20-13-18-17-8-7-15-12-16(26)9-10-21(15,2)23(17,25)19(27)14-22(18,3)24(20,29-4)30-5/h6,9-10,12,17-20,27H,1,7-8,11,13-14H2,2-5H3/t17-,18-,19-,20+,21-,22-,23-/m0/s1. The summed E-state index contributed by atoms with van der Waals surface area (Å²) in [5.41, 5.74) is -2.15. The summed E-state index contributed by atoms with van der Waals surface area (Å²) in [7, 11) is 0. The van der Waals surface area contributed by atoms with Crippen LogP contribution in [0.25, 0.3) is 0 Å². The Morgan fingerprint density at radius 3 is 2.67 bits per heavy atom. The summed E-state index contributed by atoms with van der Waals surface area (Å²) >= 11 is 3.57. The predicted molar refractivity (Wildman–Crippen MR) is 123 cm³/mol. The Morgan fingerprint density at radius 1 is 1.33 bits per heavy atom. The third-order valence-corrected chi connectivity index (χ3v) is 12.4. The van der Waals surface area contributed by atoms with E-state index in [9.17, 15) is 9.90 Å². The number of rotatable bonds is 5. The van der Waals surface area contributed by atoms with E-state index >= 15 is 4.39 Å². The van der Waals surface area contributed by atoms with Crippen molar-refractivity contribution in [1.82, 2.24) is 0 Å². The molecular weight excluding hydrogens is 419 g/mol. The fourth-order valence-corrected chi connectivity index (χ4v) is 10.2. The molecule has 0 unspecified atom stereocenters. The Kier molecular flexibility index (Phi) is 5.66. The van der Waals surface area contributed by atoms with Crippen LogP contribution in [0.2, 0.25) is 0 Å². The number of thioether (sulfide) groups is 2. The lowest BCUT2D eigenvalue weighted by atomic mass is 9.46. The van der Waals surface area contributed by atoms with E-state index in [1.807, 2.05) is 6.92 Å². The van der Waals surface area contributed by atoms with Crippen molar-refractivity contribution >= 4 is 29.3 Å². The van der Waals surface area contributed by atoms with Crippen molar-refractivity contribution in [3.8, 4) is 0 Å². The van der Waals surface area contributed by atoms with Crippen LogP contribution in [-0.4, -0.2) is 52.0 Å². The fourth-order valence-electron chi connectivity index (χ4n) is 7.32. The minimum Gasteiger partial charge on any atom is -0.390 e. The summed E-state index contributed by atoms with van der Waals surface area (Å²) in [6.07, 6.45) is 12.2. The van der Waals surface area contributed by atoms with Gasteiger partial charge in [-0.2, -0.15) is 0 Å². The Hall–Kier alpha value is -0.560. The maximum atomic E-state index is 17.2. The molecule has 166 valence electrons. The molecule has 1 N–H and O–H groups in total. The van der Waals surface area contributed by atoms with E-state index < -0.39 is 17.2 Å². The average molecular weight is 453 g/mol. The van der Waals surface area contributed by atoms with Gasteiger partial charge in [0.25, 0.3) is 0 Å². The smallest absolute Gasteiger partial charge is 0.178 e. The Bertz CT molecular complexity index is 806. The number of hydrogen-bond acceptors (Lipinski definition) is 5. The molecule has 0 aromatic rings. The topological polar surface area (TPSA) is 46.5 Å². The lowest BCUT2D eigenvalue weighted by molar-refractivity contribution is -0.189. The van der Waals surface area contributed by atoms with Crippen LogP contribution in [-0.2, 0) is 9.53 Å². The number of allylic oxidation sites excluding steroid dienone is 4. The molecule has 0 aliphatic heterocycles. The number of aliphatic hydroxyl groups is 1. The second-order valence-electron chi connectivity index (χ2n) is 9.69. The van der Waals surface area contributed by atoms with Crippen LogP contribution in [0.5, 0.6) is 0 Å². The molecule has 30 heavy (non-hydrogen) atoms. The van der Waals surface area contributed by atoms with Crippen LogP contribution in [0.15, 0.2) is 36.5 Å². The van der Waals surface area contributed by atoms with Crippen molar-refractivity contribution in [2.45, 2.75) is 61.5 Å². The number of ether oxygens (including phenoxy) is 1. The van der Waals surface area contributed by atoms with Gasteiger partial charge in [-0.15, -0.1) is 30.1 Å². The van der Waals surface area contributed by atoms with Crippen LogP contribution in [0, 0.1) is 22.7 Å². The van der Waals surface area contributed by atoms with E-state index in [1.54, 1.807) is 41.8 Å². The average Bonchev–Trinajstić information content (AvgIpc) is 2.96. The number of aliphatic hydroxyl groups excluding tert-OH is 1. The number of carbonyl (C=O) groups excluding carboxylic acids is 1. The lowest BCUT2D eigenvalue weighted by Gasteiger charge is -2.63. The Labute approximate surface area is 188 Å². The van der Waals surface area contributed by atoms with Crippen molar-refractivity contribution in [3.63, 3.8) is 0 Å². The molecule has 4 aliphatic carbocycles. The highest BCUT2D eigenvalue weighted by atomic mass is 32.2. The third kappa shape index (κ3) is 2.63. The second kappa shape index (κ2) is 7.50. The molecule has 0 spiro atoms. The first-order chi connectivity index (χ1) is 14.1.